The van der Waals surface area contributed by atoms with Crippen LogP contribution in [0.1, 0.15) is 49.3 Å². The number of amides is 1. The summed E-state index contributed by atoms with van der Waals surface area (Å²) in [6.07, 6.45) is 1.52. The van der Waals surface area contributed by atoms with Crippen LogP contribution in [0.15, 0.2) is 48.5 Å². The molecule has 1 unspecified atom stereocenters. The maximum Gasteiger partial charge on any atom is 0.304 e. The van der Waals surface area contributed by atoms with Gasteiger partial charge in [0.1, 0.15) is 0 Å². The van der Waals surface area contributed by atoms with Gasteiger partial charge in [0.25, 0.3) is 0 Å². The van der Waals surface area contributed by atoms with Crippen molar-refractivity contribution in [3.05, 3.63) is 65.2 Å². The number of piperidine rings is 1. The van der Waals surface area contributed by atoms with E-state index in [0.29, 0.717) is 0 Å². The average Bonchev–Trinajstić information content (AvgIpc) is 2.94. The maximum atomic E-state index is 13.4. The number of benzene rings is 2. The third-order valence-corrected chi connectivity index (χ3v) is 6.14. The molecule has 1 spiro atoms. The molecule has 0 bridgehead atoms. The van der Waals surface area contributed by atoms with Crippen molar-refractivity contribution in [2.75, 3.05) is 24.7 Å². The fourth-order valence-corrected chi connectivity index (χ4v) is 4.48. The zero-order chi connectivity index (χ0) is 19.7. The van der Waals surface area contributed by atoms with Crippen LogP contribution in [-0.4, -0.2) is 31.7 Å². The number of esters is 1. The second-order valence-corrected chi connectivity index (χ2v) is 7.74. The molecule has 2 aromatic rings. The largest absolute Gasteiger partial charge is 0.444 e. The molecule has 1 N–H and O–H groups in total. The Kier molecular flexibility index (Phi) is 4.94. The predicted molar refractivity (Wildman–Crippen MR) is 108 cm³/mol. The number of anilines is 1. The number of hydrogen-bond acceptors (Lipinski definition) is 4. The van der Waals surface area contributed by atoms with Gasteiger partial charge in [-0.25, -0.2) is 0 Å². The molecular weight excluding hydrogens is 352 g/mol. The van der Waals surface area contributed by atoms with E-state index in [4.69, 9.17) is 4.74 Å². The number of carbonyl (C=O) groups excluding carboxylic acids is 2. The number of nitrogens with zero attached hydrogens (tertiary/aromatic N) is 1. The predicted octanol–water partition coefficient (Wildman–Crippen LogP) is 3.33. The second kappa shape index (κ2) is 7.40. The molecule has 5 heteroatoms. The average molecular weight is 378 g/mol. The minimum Gasteiger partial charge on any atom is -0.444 e. The molecule has 28 heavy (non-hydrogen) atoms. The Labute approximate surface area is 165 Å². The molecule has 2 aliphatic heterocycles. The van der Waals surface area contributed by atoms with E-state index in [-0.39, 0.29) is 24.5 Å². The first-order valence-electron chi connectivity index (χ1n) is 9.88. The Bertz CT molecular complexity index is 888. The molecule has 5 nitrogen and oxygen atoms in total. The van der Waals surface area contributed by atoms with Crippen LogP contribution in [0.2, 0.25) is 0 Å². The molecule has 4 rings (SSSR count). The molecule has 2 aliphatic rings. The lowest BCUT2D eigenvalue weighted by Gasteiger charge is -2.33. The van der Waals surface area contributed by atoms with E-state index in [1.54, 1.807) is 4.90 Å². The topological polar surface area (TPSA) is 58.6 Å². The van der Waals surface area contributed by atoms with Gasteiger partial charge in [-0.05, 0) is 48.7 Å². The lowest BCUT2D eigenvalue weighted by molar-refractivity contribution is -0.141. The Morgan fingerprint density at radius 1 is 1.14 bits per heavy atom. The van der Waals surface area contributed by atoms with Gasteiger partial charge in [0.2, 0.25) is 5.91 Å². The Balaban J connectivity index is 1.75. The summed E-state index contributed by atoms with van der Waals surface area (Å²) >= 11 is 0. The van der Waals surface area contributed by atoms with Gasteiger partial charge in [-0.3, -0.25) is 14.5 Å². The van der Waals surface area contributed by atoms with Gasteiger partial charge in [0.05, 0.1) is 11.1 Å². The molecule has 146 valence electrons. The molecule has 1 fully saturated rings. The molecule has 1 atom stereocenters. The standard InChI is InChI=1S/C23H26N2O3/c1-16(18-6-4-3-5-7-18)19-8-9-21-20(14-19)23(10-12-24-13-11-23)22(27)25(21)15-28-17(2)26/h3-9,14,16,24H,10-13,15H2,1-2H3. The smallest absolute Gasteiger partial charge is 0.304 e. The maximum absolute atomic E-state index is 13.4. The third kappa shape index (κ3) is 3.10. The highest BCUT2D eigenvalue weighted by atomic mass is 16.5. The van der Waals surface area contributed by atoms with E-state index >= 15 is 0 Å². The number of carbonyl (C=O) groups is 2. The van der Waals surface area contributed by atoms with E-state index in [0.717, 1.165) is 37.2 Å². The van der Waals surface area contributed by atoms with Crippen molar-refractivity contribution in [2.24, 2.45) is 0 Å². The van der Waals surface area contributed by atoms with Crippen molar-refractivity contribution in [3.8, 4) is 0 Å². The van der Waals surface area contributed by atoms with Gasteiger partial charge in [-0.2, -0.15) is 0 Å². The van der Waals surface area contributed by atoms with Crippen LogP contribution < -0.4 is 10.2 Å². The highest BCUT2D eigenvalue weighted by molar-refractivity contribution is 6.08. The summed E-state index contributed by atoms with van der Waals surface area (Å²) in [6.45, 7) is 5.16. The third-order valence-electron chi connectivity index (χ3n) is 6.14. The van der Waals surface area contributed by atoms with E-state index in [9.17, 15) is 9.59 Å². The van der Waals surface area contributed by atoms with Crippen molar-refractivity contribution >= 4 is 17.6 Å². The Hall–Kier alpha value is -2.66. The van der Waals surface area contributed by atoms with Crippen molar-refractivity contribution in [2.45, 2.75) is 38.0 Å². The zero-order valence-corrected chi connectivity index (χ0v) is 16.4. The first kappa shape index (κ1) is 18.7. The molecule has 2 heterocycles. The first-order chi connectivity index (χ1) is 13.5. The minimum absolute atomic E-state index is 0.0239. The number of hydrogen-bond donors (Lipinski definition) is 1. The van der Waals surface area contributed by atoms with Gasteiger partial charge >= 0.3 is 5.97 Å². The summed E-state index contributed by atoms with van der Waals surface area (Å²) in [4.78, 5) is 26.4. The van der Waals surface area contributed by atoms with Crippen molar-refractivity contribution < 1.29 is 14.3 Å². The van der Waals surface area contributed by atoms with Crippen LogP contribution in [0, 0.1) is 0 Å². The summed E-state index contributed by atoms with van der Waals surface area (Å²) in [6, 6.07) is 16.7. The second-order valence-electron chi connectivity index (χ2n) is 7.74. The zero-order valence-electron chi connectivity index (χ0n) is 16.4. The quantitative estimate of drug-likeness (QED) is 0.829. The first-order valence-corrected chi connectivity index (χ1v) is 9.88. The highest BCUT2D eigenvalue weighted by Gasteiger charge is 2.51. The van der Waals surface area contributed by atoms with Gasteiger partial charge in [0, 0.05) is 12.8 Å². The Morgan fingerprint density at radius 3 is 2.54 bits per heavy atom. The van der Waals surface area contributed by atoms with Crippen LogP contribution in [0.3, 0.4) is 0 Å². The molecule has 0 aliphatic carbocycles. The summed E-state index contributed by atoms with van der Waals surface area (Å²) in [5.74, 6) is -0.0902. The summed E-state index contributed by atoms with van der Waals surface area (Å²) < 4.78 is 5.18. The van der Waals surface area contributed by atoms with E-state index in [1.165, 1.54) is 18.1 Å². The van der Waals surface area contributed by atoms with Crippen LogP contribution >= 0.6 is 0 Å². The van der Waals surface area contributed by atoms with E-state index < -0.39 is 5.41 Å². The SMILES string of the molecule is CC(=O)OCN1C(=O)C2(CCNCC2)c2cc(C(C)c3ccccc3)ccc21. The monoisotopic (exact) mass is 378 g/mol. The van der Waals surface area contributed by atoms with Gasteiger partial charge in [-0.15, -0.1) is 0 Å². The normalized spacial score (nSPS) is 18.8. The highest BCUT2D eigenvalue weighted by Crippen LogP contribution is 2.48. The number of nitrogens with one attached hydrogen (secondary N) is 1. The number of rotatable bonds is 4. The lowest BCUT2D eigenvalue weighted by Crippen LogP contribution is -2.47. The molecule has 0 radical (unpaired) electrons. The van der Waals surface area contributed by atoms with Gasteiger partial charge in [0.15, 0.2) is 6.73 Å². The van der Waals surface area contributed by atoms with E-state index in [1.807, 2.05) is 12.1 Å². The van der Waals surface area contributed by atoms with Gasteiger partial charge < -0.3 is 10.1 Å². The van der Waals surface area contributed by atoms with Crippen LogP contribution in [0.4, 0.5) is 5.69 Å². The summed E-state index contributed by atoms with van der Waals surface area (Å²) in [5.41, 5.74) is 3.88. The van der Waals surface area contributed by atoms with E-state index in [2.05, 4.69) is 48.6 Å². The van der Waals surface area contributed by atoms with Crippen LogP contribution in [0.25, 0.3) is 0 Å². The van der Waals surface area contributed by atoms with Crippen LogP contribution in [-0.2, 0) is 19.7 Å². The molecule has 0 aromatic heterocycles. The Morgan fingerprint density at radius 2 is 1.86 bits per heavy atom. The molecule has 1 amide bonds. The van der Waals surface area contributed by atoms with Crippen molar-refractivity contribution in [1.29, 1.82) is 0 Å². The lowest BCUT2D eigenvalue weighted by atomic mass is 9.73. The van der Waals surface area contributed by atoms with Gasteiger partial charge in [-0.1, -0.05) is 49.4 Å². The summed E-state index contributed by atoms with van der Waals surface area (Å²) in [5, 5.41) is 3.36. The number of ether oxygens (including phenoxy) is 1. The molecule has 2 aromatic carbocycles. The fraction of sp³-hybridized carbons (Fsp3) is 0.391. The summed E-state index contributed by atoms with van der Waals surface area (Å²) in [7, 11) is 0. The molecule has 1 saturated heterocycles. The fourth-order valence-electron chi connectivity index (χ4n) is 4.48. The van der Waals surface area contributed by atoms with Crippen LogP contribution in [0.5, 0.6) is 0 Å². The molecular formula is C23H26N2O3. The minimum atomic E-state index is -0.521. The number of fused-ring (bicyclic) bond motifs is 2. The molecule has 0 saturated carbocycles. The van der Waals surface area contributed by atoms with Crippen molar-refractivity contribution in [3.63, 3.8) is 0 Å². The van der Waals surface area contributed by atoms with Crippen molar-refractivity contribution in [1.82, 2.24) is 5.32 Å².